The van der Waals surface area contributed by atoms with Crippen LogP contribution in [0, 0.1) is 16.7 Å². The molecule has 5 heteroatoms. The van der Waals surface area contributed by atoms with Gasteiger partial charge in [0, 0.05) is 38.0 Å². The molecule has 1 atom stereocenters. The molecule has 0 radical (unpaired) electrons. The smallest absolute Gasteiger partial charge is 0.222 e. The zero-order valence-corrected chi connectivity index (χ0v) is 15.5. The van der Waals surface area contributed by atoms with Gasteiger partial charge in [0.2, 0.25) is 5.91 Å². The molecule has 1 spiro atoms. The summed E-state index contributed by atoms with van der Waals surface area (Å²) in [6, 6.07) is 18.0. The van der Waals surface area contributed by atoms with Crippen LogP contribution in [0.25, 0.3) is 0 Å². The van der Waals surface area contributed by atoms with Gasteiger partial charge >= 0.3 is 0 Å². The molecule has 3 heterocycles. The second kappa shape index (κ2) is 7.40. The first-order valence-electron chi connectivity index (χ1n) is 9.61. The van der Waals surface area contributed by atoms with E-state index in [-0.39, 0.29) is 11.3 Å². The van der Waals surface area contributed by atoms with Gasteiger partial charge in [0.1, 0.15) is 17.6 Å². The highest BCUT2D eigenvalue weighted by Gasteiger charge is 2.42. The lowest BCUT2D eigenvalue weighted by molar-refractivity contribution is -0.138. The first-order valence-corrected chi connectivity index (χ1v) is 9.61. The zero-order valence-electron chi connectivity index (χ0n) is 15.5. The molecule has 2 aliphatic rings. The van der Waals surface area contributed by atoms with Crippen molar-refractivity contribution >= 4 is 11.7 Å². The Morgan fingerprint density at radius 1 is 1.07 bits per heavy atom. The molecule has 1 amide bonds. The van der Waals surface area contributed by atoms with Crippen molar-refractivity contribution in [2.24, 2.45) is 5.41 Å². The number of carbonyl (C=O) groups excluding carboxylic acids is 1. The number of benzene rings is 1. The largest absolute Gasteiger partial charge is 0.356 e. The van der Waals surface area contributed by atoms with Gasteiger partial charge in [-0.15, -0.1) is 0 Å². The lowest BCUT2D eigenvalue weighted by Crippen LogP contribution is -2.54. The first kappa shape index (κ1) is 17.5. The van der Waals surface area contributed by atoms with Gasteiger partial charge in [-0.3, -0.25) is 4.79 Å². The summed E-state index contributed by atoms with van der Waals surface area (Å²) >= 11 is 0. The molecule has 0 unspecified atom stereocenters. The van der Waals surface area contributed by atoms with E-state index >= 15 is 0 Å². The second-order valence-electron chi connectivity index (χ2n) is 7.75. The fourth-order valence-corrected chi connectivity index (χ4v) is 4.45. The fraction of sp³-hybridized carbons (Fsp3) is 0.409. The van der Waals surface area contributed by atoms with E-state index in [0.29, 0.717) is 18.7 Å². The summed E-state index contributed by atoms with van der Waals surface area (Å²) in [5.74, 6) is 1.13. The first-order chi connectivity index (χ1) is 13.2. The van der Waals surface area contributed by atoms with Crippen LogP contribution >= 0.6 is 0 Å². The highest BCUT2D eigenvalue weighted by molar-refractivity contribution is 5.77. The quantitative estimate of drug-likeness (QED) is 0.842. The van der Waals surface area contributed by atoms with Crippen LogP contribution in [0.5, 0.6) is 0 Å². The van der Waals surface area contributed by atoms with Gasteiger partial charge in [-0.1, -0.05) is 36.4 Å². The molecule has 0 bridgehead atoms. The summed E-state index contributed by atoms with van der Waals surface area (Å²) in [6.45, 7) is 3.34. The van der Waals surface area contributed by atoms with Gasteiger partial charge in [-0.05, 0) is 37.0 Å². The molecular weight excluding hydrogens is 336 g/mol. The number of anilines is 1. The van der Waals surface area contributed by atoms with Gasteiger partial charge in [0.15, 0.2) is 0 Å². The number of pyridine rings is 1. The monoisotopic (exact) mass is 360 g/mol. The van der Waals surface area contributed by atoms with Crippen molar-refractivity contribution in [3.05, 3.63) is 59.8 Å². The maximum absolute atomic E-state index is 12.5. The molecule has 27 heavy (non-hydrogen) atoms. The van der Waals surface area contributed by atoms with Gasteiger partial charge in [0.05, 0.1) is 0 Å². The number of nitriles is 1. The maximum Gasteiger partial charge on any atom is 0.222 e. The van der Waals surface area contributed by atoms with E-state index in [9.17, 15) is 4.79 Å². The van der Waals surface area contributed by atoms with Crippen LogP contribution in [-0.2, 0) is 11.3 Å². The third kappa shape index (κ3) is 3.80. The lowest BCUT2D eigenvalue weighted by Gasteiger charge is -2.48. The van der Waals surface area contributed by atoms with Crippen molar-refractivity contribution in [1.29, 1.82) is 5.26 Å². The molecule has 2 fully saturated rings. The molecule has 2 aromatic rings. The number of rotatable bonds is 3. The minimum absolute atomic E-state index is 0.116. The van der Waals surface area contributed by atoms with E-state index in [1.54, 1.807) is 6.07 Å². The normalized spacial score (nSPS) is 22.7. The van der Waals surface area contributed by atoms with E-state index in [0.717, 1.165) is 44.7 Å². The Balaban J connectivity index is 1.51. The van der Waals surface area contributed by atoms with Crippen molar-refractivity contribution in [3.8, 4) is 6.07 Å². The average molecular weight is 360 g/mol. The minimum atomic E-state index is 0.116. The topological polar surface area (TPSA) is 60.2 Å². The molecule has 138 valence electrons. The van der Waals surface area contributed by atoms with Crippen molar-refractivity contribution in [3.63, 3.8) is 0 Å². The average Bonchev–Trinajstić information content (AvgIpc) is 2.72. The molecule has 4 rings (SSSR count). The minimum Gasteiger partial charge on any atom is -0.356 e. The Kier molecular flexibility index (Phi) is 4.81. The van der Waals surface area contributed by atoms with E-state index < -0.39 is 0 Å². The predicted molar refractivity (Wildman–Crippen MR) is 104 cm³/mol. The Morgan fingerprint density at radius 2 is 1.93 bits per heavy atom. The fourth-order valence-electron chi connectivity index (χ4n) is 4.45. The number of nitrogens with zero attached hydrogens (tertiary/aromatic N) is 4. The Labute approximate surface area is 160 Å². The van der Waals surface area contributed by atoms with E-state index in [1.165, 1.54) is 5.56 Å². The molecule has 2 saturated heterocycles. The number of carbonyl (C=O) groups is 1. The van der Waals surface area contributed by atoms with Gasteiger partial charge in [-0.2, -0.15) is 5.26 Å². The van der Waals surface area contributed by atoms with Crippen LogP contribution in [0.4, 0.5) is 5.82 Å². The third-order valence-electron chi connectivity index (χ3n) is 5.80. The predicted octanol–water partition coefficient (Wildman–Crippen LogP) is 3.36. The maximum atomic E-state index is 12.5. The standard InChI is InChI=1S/C22H24N4O/c23-14-19-8-4-9-20(24-19)25-13-5-11-22(16-25)12-10-21(27)26(17-22)15-18-6-2-1-3-7-18/h1-4,6-9H,5,10-13,15-17H2/t22-/m1/s1. The van der Waals surface area contributed by atoms with E-state index in [1.807, 2.05) is 35.2 Å². The van der Waals surface area contributed by atoms with Crippen LogP contribution in [0.15, 0.2) is 48.5 Å². The SMILES string of the molecule is N#Cc1cccc(N2CCC[C@@]3(CCC(=O)N(Cc4ccccc4)C3)C2)n1. The number of hydrogen-bond donors (Lipinski definition) is 0. The van der Waals surface area contributed by atoms with Crippen LogP contribution in [0.3, 0.4) is 0 Å². The van der Waals surface area contributed by atoms with E-state index in [2.05, 4.69) is 28.1 Å². The lowest BCUT2D eigenvalue weighted by atomic mass is 9.73. The van der Waals surface area contributed by atoms with Crippen molar-refractivity contribution < 1.29 is 4.79 Å². The Hall–Kier alpha value is -2.87. The molecule has 1 aromatic heterocycles. The number of aromatic nitrogens is 1. The molecule has 1 aromatic carbocycles. The highest BCUT2D eigenvalue weighted by atomic mass is 16.2. The Bertz CT molecular complexity index is 860. The van der Waals surface area contributed by atoms with Crippen LogP contribution in [0.1, 0.15) is 36.9 Å². The zero-order chi connectivity index (χ0) is 18.7. The number of piperidine rings is 2. The number of likely N-dealkylation sites (tertiary alicyclic amines) is 1. The Morgan fingerprint density at radius 3 is 2.74 bits per heavy atom. The summed E-state index contributed by atoms with van der Waals surface area (Å²) in [5.41, 5.74) is 1.75. The molecule has 0 N–H and O–H groups in total. The third-order valence-corrected chi connectivity index (χ3v) is 5.80. The number of hydrogen-bond acceptors (Lipinski definition) is 4. The van der Waals surface area contributed by atoms with Crippen molar-refractivity contribution in [2.45, 2.75) is 32.2 Å². The van der Waals surface area contributed by atoms with Crippen molar-refractivity contribution in [1.82, 2.24) is 9.88 Å². The summed E-state index contributed by atoms with van der Waals surface area (Å²) in [6.07, 6.45) is 3.78. The van der Waals surface area contributed by atoms with E-state index in [4.69, 9.17) is 5.26 Å². The summed E-state index contributed by atoms with van der Waals surface area (Å²) < 4.78 is 0. The summed E-state index contributed by atoms with van der Waals surface area (Å²) in [4.78, 5) is 21.3. The molecule has 0 aliphatic carbocycles. The van der Waals surface area contributed by atoms with Gasteiger partial charge in [0.25, 0.3) is 0 Å². The summed E-state index contributed by atoms with van der Waals surface area (Å²) in [7, 11) is 0. The molecule has 0 saturated carbocycles. The highest BCUT2D eigenvalue weighted by Crippen LogP contribution is 2.40. The molecule has 5 nitrogen and oxygen atoms in total. The van der Waals surface area contributed by atoms with Gasteiger partial charge < -0.3 is 9.80 Å². The van der Waals surface area contributed by atoms with Crippen molar-refractivity contribution in [2.75, 3.05) is 24.5 Å². The molecule has 2 aliphatic heterocycles. The van der Waals surface area contributed by atoms with Crippen LogP contribution in [-0.4, -0.2) is 35.4 Å². The molecular formula is C22H24N4O. The van der Waals surface area contributed by atoms with Gasteiger partial charge in [-0.25, -0.2) is 4.98 Å². The van der Waals surface area contributed by atoms with Crippen LogP contribution in [0.2, 0.25) is 0 Å². The summed E-state index contributed by atoms with van der Waals surface area (Å²) in [5, 5.41) is 9.13. The van der Waals surface area contributed by atoms with Crippen LogP contribution < -0.4 is 4.90 Å². The number of amides is 1. The second-order valence-corrected chi connectivity index (χ2v) is 7.75.